The molecule has 0 aromatic heterocycles. The van der Waals surface area contributed by atoms with Crippen molar-refractivity contribution in [2.75, 3.05) is 29.2 Å². The summed E-state index contributed by atoms with van der Waals surface area (Å²) in [5, 5.41) is 6.24. The molecule has 10 heteroatoms. The fourth-order valence-electron chi connectivity index (χ4n) is 5.04. The number of ether oxygens (including phenoxy) is 1. The zero-order valence-electron chi connectivity index (χ0n) is 23.3. The number of likely N-dealkylation sites (N-methyl/N-ethyl adjacent to an activating group) is 1. The summed E-state index contributed by atoms with van der Waals surface area (Å²) in [7, 11) is -1.95. The molecule has 0 saturated heterocycles. The molecular weight excluding hydrogens is 533 g/mol. The molecule has 0 bridgehead atoms. The maximum Gasteiger partial charge on any atom is 0.312 e. The molecule has 1 saturated carbocycles. The minimum atomic E-state index is -3.69. The van der Waals surface area contributed by atoms with Crippen molar-refractivity contribution >= 4 is 33.1 Å². The third-order valence-electron chi connectivity index (χ3n) is 7.25. The van der Waals surface area contributed by atoms with E-state index in [1.54, 1.807) is 36.2 Å². The molecule has 0 radical (unpaired) electrons. The van der Waals surface area contributed by atoms with Gasteiger partial charge in [0, 0.05) is 36.5 Å². The van der Waals surface area contributed by atoms with Gasteiger partial charge in [0.1, 0.15) is 22.9 Å². The summed E-state index contributed by atoms with van der Waals surface area (Å²) < 4.78 is 50.3. The van der Waals surface area contributed by atoms with Crippen LogP contribution in [0.1, 0.15) is 44.7 Å². The fourth-order valence-corrected chi connectivity index (χ4v) is 6.26. The fraction of sp³-hybridized carbons (Fsp3) is 0.367. The van der Waals surface area contributed by atoms with Crippen LogP contribution in [0.2, 0.25) is 0 Å². The first-order valence-corrected chi connectivity index (χ1v) is 14.8. The Morgan fingerprint density at radius 3 is 2.52 bits per heavy atom. The van der Waals surface area contributed by atoms with E-state index >= 15 is 0 Å². The van der Waals surface area contributed by atoms with E-state index in [9.17, 15) is 17.6 Å². The molecule has 5 rings (SSSR count). The maximum absolute atomic E-state index is 14.1. The van der Waals surface area contributed by atoms with E-state index in [1.807, 2.05) is 39.8 Å². The van der Waals surface area contributed by atoms with Crippen LogP contribution in [0.25, 0.3) is 11.1 Å². The minimum absolute atomic E-state index is 0.0978. The molecule has 1 amide bonds. The quantitative estimate of drug-likeness (QED) is 0.313. The average Bonchev–Trinajstić information content (AvgIpc) is 3.75. The van der Waals surface area contributed by atoms with Crippen LogP contribution in [0.15, 0.2) is 48.5 Å². The predicted molar refractivity (Wildman–Crippen MR) is 155 cm³/mol. The molecule has 1 heterocycles. The van der Waals surface area contributed by atoms with Gasteiger partial charge in [-0.15, -0.1) is 0 Å². The Labute approximate surface area is 234 Å². The molecule has 1 fully saturated rings. The molecule has 212 valence electrons. The van der Waals surface area contributed by atoms with Crippen LogP contribution in [0, 0.1) is 12.7 Å². The summed E-state index contributed by atoms with van der Waals surface area (Å²) in [6.07, 6.45) is 1.21. The summed E-state index contributed by atoms with van der Waals surface area (Å²) in [6, 6.07) is 13.4. The van der Waals surface area contributed by atoms with Gasteiger partial charge in [-0.3, -0.25) is 4.79 Å². The molecule has 0 unspecified atom stereocenters. The van der Waals surface area contributed by atoms with Gasteiger partial charge in [-0.2, -0.15) is 8.42 Å². The highest BCUT2D eigenvalue weighted by Gasteiger charge is 2.39. The number of carbonyl (C=O) groups is 1. The zero-order chi connectivity index (χ0) is 28.8. The second kappa shape index (κ2) is 10.3. The number of nitrogens with zero attached hydrogens (tertiary/aromatic N) is 1. The van der Waals surface area contributed by atoms with Gasteiger partial charge >= 0.3 is 10.1 Å². The van der Waals surface area contributed by atoms with Crippen molar-refractivity contribution in [2.24, 2.45) is 0 Å². The van der Waals surface area contributed by atoms with Crippen molar-refractivity contribution in [2.45, 2.75) is 57.9 Å². The largest absolute Gasteiger partial charge is 0.493 e. The first-order valence-electron chi connectivity index (χ1n) is 13.3. The van der Waals surface area contributed by atoms with Crippen LogP contribution >= 0.6 is 0 Å². The van der Waals surface area contributed by atoms with Gasteiger partial charge in [-0.25, -0.2) is 4.39 Å². The summed E-state index contributed by atoms with van der Waals surface area (Å²) in [6.45, 7) is 8.03. The third kappa shape index (κ3) is 5.32. The van der Waals surface area contributed by atoms with Crippen LogP contribution in [0.3, 0.4) is 0 Å². The van der Waals surface area contributed by atoms with E-state index in [0.29, 0.717) is 42.1 Å². The maximum atomic E-state index is 14.1. The standard InChI is InChI=1S/C30H34FN3O5S/c1-6-38-27-16-20(39-40(36,37)21-10-11-21)9-12-23(27)22-13-14-25-28(34(5)29(35)30(3,4)33-25)24(22)17-32-26-15-19(31)8-7-18(26)2/h7-9,12-16,21,32-33H,6,10-11,17H2,1-5H3. The number of hydrogen-bond acceptors (Lipinski definition) is 7. The Hall–Kier alpha value is -3.79. The zero-order valence-corrected chi connectivity index (χ0v) is 24.1. The molecule has 1 aliphatic heterocycles. The highest BCUT2D eigenvalue weighted by molar-refractivity contribution is 7.88. The van der Waals surface area contributed by atoms with E-state index < -0.39 is 20.9 Å². The number of nitrogens with one attached hydrogen (secondary N) is 2. The summed E-state index contributed by atoms with van der Waals surface area (Å²) in [4.78, 5) is 14.9. The molecule has 3 aromatic carbocycles. The number of benzene rings is 3. The lowest BCUT2D eigenvalue weighted by atomic mass is 9.91. The number of aryl methyl sites for hydroxylation is 1. The number of amides is 1. The number of fused-ring (bicyclic) bond motifs is 1. The van der Waals surface area contributed by atoms with Gasteiger partial charge in [0.15, 0.2) is 0 Å². The Balaban J connectivity index is 1.62. The normalized spacial score (nSPS) is 16.2. The lowest BCUT2D eigenvalue weighted by molar-refractivity contribution is -0.121. The summed E-state index contributed by atoms with van der Waals surface area (Å²) in [5.41, 5.74) is 4.49. The Kier molecular flexibility index (Phi) is 7.16. The first kappa shape index (κ1) is 27.8. The smallest absolute Gasteiger partial charge is 0.312 e. The highest BCUT2D eigenvalue weighted by Crippen LogP contribution is 2.45. The Morgan fingerprint density at radius 1 is 1.10 bits per heavy atom. The van der Waals surface area contributed by atoms with Crippen molar-refractivity contribution in [1.82, 2.24) is 0 Å². The van der Waals surface area contributed by atoms with Gasteiger partial charge in [0.2, 0.25) is 0 Å². The Morgan fingerprint density at radius 2 is 1.82 bits per heavy atom. The molecular formula is C30H34FN3O5S. The third-order valence-corrected chi connectivity index (χ3v) is 8.96. The molecule has 8 nitrogen and oxygen atoms in total. The lowest BCUT2D eigenvalue weighted by Gasteiger charge is -2.40. The molecule has 2 aliphatic rings. The molecule has 2 N–H and O–H groups in total. The topological polar surface area (TPSA) is 97.0 Å². The average molecular weight is 568 g/mol. The van der Waals surface area contributed by atoms with Crippen molar-refractivity contribution in [3.63, 3.8) is 0 Å². The monoisotopic (exact) mass is 567 g/mol. The Bertz CT molecular complexity index is 1580. The molecule has 40 heavy (non-hydrogen) atoms. The van der Waals surface area contributed by atoms with Crippen LogP contribution in [-0.4, -0.2) is 38.8 Å². The van der Waals surface area contributed by atoms with Crippen LogP contribution in [0.4, 0.5) is 21.5 Å². The number of anilines is 3. The van der Waals surface area contributed by atoms with E-state index in [-0.39, 0.29) is 24.0 Å². The van der Waals surface area contributed by atoms with Gasteiger partial charge in [-0.1, -0.05) is 12.1 Å². The van der Waals surface area contributed by atoms with Crippen LogP contribution in [0.5, 0.6) is 11.5 Å². The number of rotatable bonds is 9. The number of hydrogen-bond donors (Lipinski definition) is 2. The van der Waals surface area contributed by atoms with E-state index in [0.717, 1.165) is 22.4 Å². The molecule has 3 aromatic rings. The second-order valence-corrected chi connectivity index (χ2v) is 12.6. The first-order chi connectivity index (χ1) is 18.9. The number of carbonyl (C=O) groups excluding carboxylic acids is 1. The molecule has 0 atom stereocenters. The molecule has 0 spiro atoms. The van der Waals surface area contributed by atoms with Gasteiger partial charge in [-0.05, 0) is 82.0 Å². The lowest BCUT2D eigenvalue weighted by Crippen LogP contribution is -2.52. The SMILES string of the molecule is CCOc1cc(OS(=O)(=O)C2CC2)ccc1-c1ccc2c(c1CNc1cc(F)ccc1C)N(C)C(=O)C(C)(C)N2. The van der Waals surface area contributed by atoms with Crippen molar-refractivity contribution in [3.05, 3.63) is 65.5 Å². The minimum Gasteiger partial charge on any atom is -0.493 e. The van der Waals surface area contributed by atoms with Crippen molar-refractivity contribution in [3.8, 4) is 22.6 Å². The van der Waals surface area contributed by atoms with E-state index in [2.05, 4.69) is 10.6 Å². The second-order valence-electron chi connectivity index (χ2n) is 10.8. The highest BCUT2D eigenvalue weighted by atomic mass is 32.2. The van der Waals surface area contributed by atoms with Gasteiger partial charge < -0.3 is 24.5 Å². The van der Waals surface area contributed by atoms with Crippen molar-refractivity contribution < 1.29 is 26.5 Å². The van der Waals surface area contributed by atoms with Gasteiger partial charge in [0.05, 0.1) is 23.2 Å². The van der Waals surface area contributed by atoms with Gasteiger partial charge in [0.25, 0.3) is 5.91 Å². The van der Waals surface area contributed by atoms with E-state index in [4.69, 9.17) is 8.92 Å². The summed E-state index contributed by atoms with van der Waals surface area (Å²) in [5.74, 6) is 0.184. The van der Waals surface area contributed by atoms with E-state index in [1.165, 1.54) is 12.1 Å². The molecule has 1 aliphatic carbocycles. The summed E-state index contributed by atoms with van der Waals surface area (Å²) >= 11 is 0. The van der Waals surface area contributed by atoms with Crippen LogP contribution in [-0.2, 0) is 21.5 Å². The number of halogens is 1. The van der Waals surface area contributed by atoms with Crippen molar-refractivity contribution in [1.29, 1.82) is 0 Å². The van der Waals surface area contributed by atoms with Crippen LogP contribution < -0.4 is 24.5 Å². The predicted octanol–water partition coefficient (Wildman–Crippen LogP) is 5.85.